The Hall–Kier alpha value is -1.76. The van der Waals surface area contributed by atoms with Crippen LogP contribution in [0.4, 0.5) is 5.69 Å². The van der Waals surface area contributed by atoms with Crippen molar-refractivity contribution >= 4 is 5.69 Å². The number of nitrogens with zero attached hydrogens (tertiary/aromatic N) is 1. The second-order valence-electron chi connectivity index (χ2n) is 4.01. The third kappa shape index (κ3) is 2.68. The van der Waals surface area contributed by atoms with E-state index in [1.54, 1.807) is 0 Å². The van der Waals surface area contributed by atoms with Crippen LogP contribution in [0, 0.1) is 6.07 Å². The fourth-order valence-electron chi connectivity index (χ4n) is 2.03. The molecule has 17 heavy (non-hydrogen) atoms. The first-order chi connectivity index (χ1) is 8.35. The van der Waals surface area contributed by atoms with Crippen molar-refractivity contribution in [3.05, 3.63) is 54.6 Å². The van der Waals surface area contributed by atoms with Crippen molar-refractivity contribution in [2.24, 2.45) is 0 Å². The van der Waals surface area contributed by atoms with E-state index in [1.165, 1.54) is 16.8 Å². The highest BCUT2D eigenvalue weighted by Crippen LogP contribution is 2.22. The maximum atomic E-state index is 3.04. The molecule has 0 heterocycles. The molecule has 0 amide bonds. The van der Waals surface area contributed by atoms with Gasteiger partial charge >= 0.3 is 0 Å². The van der Waals surface area contributed by atoms with Crippen LogP contribution < -0.4 is 4.90 Å². The molecule has 87 valence electrons. The number of hydrogen-bond donors (Lipinski definition) is 0. The van der Waals surface area contributed by atoms with Crippen molar-refractivity contribution in [2.45, 2.75) is 13.8 Å². The van der Waals surface area contributed by atoms with Gasteiger partial charge in [0.15, 0.2) is 0 Å². The third-order valence-corrected chi connectivity index (χ3v) is 3.05. The van der Waals surface area contributed by atoms with Gasteiger partial charge in [-0.05, 0) is 43.2 Å². The quantitative estimate of drug-likeness (QED) is 0.758. The lowest BCUT2D eigenvalue weighted by Gasteiger charge is -2.21. The average Bonchev–Trinajstić information content (AvgIpc) is 2.42. The molecule has 0 unspecified atom stereocenters. The Bertz CT molecular complexity index is 441. The Balaban J connectivity index is 2.24. The lowest BCUT2D eigenvalue weighted by molar-refractivity contribution is 0.866. The minimum Gasteiger partial charge on any atom is -0.372 e. The first-order valence-corrected chi connectivity index (χ1v) is 6.16. The molecule has 0 aliphatic heterocycles. The molecule has 1 heteroatoms. The minimum absolute atomic E-state index is 1.05. The van der Waals surface area contributed by atoms with E-state index in [0.717, 1.165) is 13.1 Å². The van der Waals surface area contributed by atoms with E-state index in [1.807, 2.05) is 12.1 Å². The molecule has 0 saturated heterocycles. The molecule has 0 saturated carbocycles. The largest absolute Gasteiger partial charge is 0.372 e. The molecule has 1 radical (unpaired) electrons. The zero-order valence-electron chi connectivity index (χ0n) is 10.5. The predicted molar refractivity (Wildman–Crippen MR) is 74.3 cm³/mol. The van der Waals surface area contributed by atoms with E-state index < -0.39 is 0 Å². The summed E-state index contributed by atoms with van der Waals surface area (Å²) >= 11 is 0. The topological polar surface area (TPSA) is 3.24 Å². The monoisotopic (exact) mass is 224 g/mol. The maximum Gasteiger partial charge on any atom is 0.0366 e. The SMILES string of the molecule is CCN(CC)c1ccc(-c2cc[c]cc2)cc1. The summed E-state index contributed by atoms with van der Waals surface area (Å²) in [4.78, 5) is 2.35. The Morgan fingerprint density at radius 2 is 1.35 bits per heavy atom. The zero-order chi connectivity index (χ0) is 12.1. The molecule has 0 spiro atoms. The van der Waals surface area contributed by atoms with Crippen LogP contribution in [-0.2, 0) is 0 Å². The van der Waals surface area contributed by atoms with Gasteiger partial charge in [-0.15, -0.1) is 0 Å². The second-order valence-corrected chi connectivity index (χ2v) is 4.01. The summed E-state index contributed by atoms with van der Waals surface area (Å²) in [6, 6.07) is 19.9. The van der Waals surface area contributed by atoms with Gasteiger partial charge in [0, 0.05) is 18.8 Å². The Kier molecular flexibility index (Phi) is 3.81. The first kappa shape index (κ1) is 11.7. The molecule has 1 nitrogen and oxygen atoms in total. The second kappa shape index (κ2) is 5.53. The van der Waals surface area contributed by atoms with Gasteiger partial charge < -0.3 is 4.90 Å². The van der Waals surface area contributed by atoms with Crippen molar-refractivity contribution in [3.63, 3.8) is 0 Å². The van der Waals surface area contributed by atoms with Crippen molar-refractivity contribution < 1.29 is 0 Å². The molecule has 2 aromatic carbocycles. The van der Waals surface area contributed by atoms with Gasteiger partial charge in [-0.25, -0.2) is 0 Å². The van der Waals surface area contributed by atoms with E-state index in [2.05, 4.69) is 61.2 Å². The zero-order valence-corrected chi connectivity index (χ0v) is 10.5. The van der Waals surface area contributed by atoms with Crippen molar-refractivity contribution in [1.29, 1.82) is 0 Å². The molecule has 0 fully saturated rings. The van der Waals surface area contributed by atoms with Crippen LogP contribution in [0.1, 0.15) is 13.8 Å². The van der Waals surface area contributed by atoms with Crippen molar-refractivity contribution in [1.82, 2.24) is 0 Å². The Morgan fingerprint density at radius 3 is 1.88 bits per heavy atom. The number of benzene rings is 2. The van der Waals surface area contributed by atoms with Gasteiger partial charge in [0.05, 0.1) is 0 Å². The van der Waals surface area contributed by atoms with Crippen molar-refractivity contribution in [2.75, 3.05) is 18.0 Å². The summed E-state index contributed by atoms with van der Waals surface area (Å²) in [5, 5.41) is 0. The molecule has 0 N–H and O–H groups in total. The summed E-state index contributed by atoms with van der Waals surface area (Å²) in [6.07, 6.45) is 0. The van der Waals surface area contributed by atoms with E-state index in [9.17, 15) is 0 Å². The molecular weight excluding hydrogens is 206 g/mol. The minimum atomic E-state index is 1.05. The molecule has 0 aliphatic rings. The van der Waals surface area contributed by atoms with Gasteiger partial charge in [0.25, 0.3) is 0 Å². The van der Waals surface area contributed by atoms with Crippen LogP contribution in [0.2, 0.25) is 0 Å². The summed E-state index contributed by atoms with van der Waals surface area (Å²) in [7, 11) is 0. The smallest absolute Gasteiger partial charge is 0.0366 e. The number of hydrogen-bond acceptors (Lipinski definition) is 1. The van der Waals surface area contributed by atoms with Crippen LogP contribution in [0.15, 0.2) is 48.5 Å². The molecule has 2 aromatic rings. The molecule has 0 aromatic heterocycles. The highest BCUT2D eigenvalue weighted by molar-refractivity contribution is 5.66. The fraction of sp³-hybridized carbons (Fsp3) is 0.250. The van der Waals surface area contributed by atoms with Gasteiger partial charge in [-0.3, -0.25) is 0 Å². The molecule has 0 atom stereocenters. The Morgan fingerprint density at radius 1 is 0.824 bits per heavy atom. The normalized spacial score (nSPS) is 10.2. The van der Waals surface area contributed by atoms with Crippen LogP contribution >= 0.6 is 0 Å². The first-order valence-electron chi connectivity index (χ1n) is 6.16. The Labute approximate surface area is 104 Å². The van der Waals surface area contributed by atoms with Crippen LogP contribution in [0.25, 0.3) is 11.1 Å². The lowest BCUT2D eigenvalue weighted by Crippen LogP contribution is -2.21. The number of anilines is 1. The van der Waals surface area contributed by atoms with E-state index >= 15 is 0 Å². The van der Waals surface area contributed by atoms with Crippen molar-refractivity contribution in [3.8, 4) is 11.1 Å². The molecular formula is C16H18N. The highest BCUT2D eigenvalue weighted by Gasteiger charge is 2.01. The maximum absolute atomic E-state index is 3.04. The molecule has 0 bridgehead atoms. The van der Waals surface area contributed by atoms with E-state index in [4.69, 9.17) is 0 Å². The van der Waals surface area contributed by atoms with Gasteiger partial charge in [-0.2, -0.15) is 0 Å². The molecule has 0 aliphatic carbocycles. The highest BCUT2D eigenvalue weighted by atomic mass is 15.1. The lowest BCUT2D eigenvalue weighted by atomic mass is 10.1. The standard InChI is InChI=1S/C16H18N/c1-3-17(4-2)16-12-10-15(11-13-16)14-8-6-5-7-9-14/h6-13H,3-4H2,1-2H3. The average molecular weight is 224 g/mol. The molecule has 2 rings (SSSR count). The van der Waals surface area contributed by atoms with E-state index in [0.29, 0.717) is 0 Å². The van der Waals surface area contributed by atoms with Gasteiger partial charge in [0.2, 0.25) is 0 Å². The summed E-state index contributed by atoms with van der Waals surface area (Å²) in [5.41, 5.74) is 3.80. The summed E-state index contributed by atoms with van der Waals surface area (Å²) in [5.74, 6) is 0. The third-order valence-electron chi connectivity index (χ3n) is 3.05. The predicted octanol–water partition coefficient (Wildman–Crippen LogP) is 4.00. The van der Waals surface area contributed by atoms with Gasteiger partial charge in [0.1, 0.15) is 0 Å². The van der Waals surface area contributed by atoms with Crippen LogP contribution in [-0.4, -0.2) is 13.1 Å². The summed E-state index contributed by atoms with van der Waals surface area (Å²) in [6.45, 7) is 6.47. The fourth-order valence-corrected chi connectivity index (χ4v) is 2.03. The van der Waals surface area contributed by atoms with Crippen LogP contribution in [0.3, 0.4) is 0 Å². The summed E-state index contributed by atoms with van der Waals surface area (Å²) < 4.78 is 0. The van der Waals surface area contributed by atoms with E-state index in [-0.39, 0.29) is 0 Å². The number of rotatable bonds is 4. The van der Waals surface area contributed by atoms with Crippen LogP contribution in [0.5, 0.6) is 0 Å². The van der Waals surface area contributed by atoms with Gasteiger partial charge in [-0.1, -0.05) is 36.4 Å².